The molecule has 2 aliphatic rings. The van der Waals surface area contributed by atoms with Crippen LogP contribution in [0.1, 0.15) is 26.7 Å². The number of likely N-dealkylation sites (N-methyl/N-ethyl adjacent to an activating group) is 1. The van der Waals surface area contributed by atoms with Gasteiger partial charge in [0.05, 0.1) is 10.8 Å². The van der Waals surface area contributed by atoms with Gasteiger partial charge in [0, 0.05) is 23.7 Å². The molecule has 0 saturated carbocycles. The van der Waals surface area contributed by atoms with Gasteiger partial charge in [0.25, 0.3) is 0 Å². The van der Waals surface area contributed by atoms with E-state index in [1.165, 1.54) is 41.7 Å². The first kappa shape index (κ1) is 19.1. The van der Waals surface area contributed by atoms with Crippen molar-refractivity contribution < 1.29 is 18.4 Å². The number of benzene rings is 2. The zero-order valence-corrected chi connectivity index (χ0v) is 16.9. The molecule has 1 spiro atoms. The normalized spacial score (nSPS) is 25.5. The van der Waals surface area contributed by atoms with E-state index in [0.29, 0.717) is 22.7 Å². The van der Waals surface area contributed by atoms with E-state index >= 15 is 0 Å². The Labute approximate surface area is 176 Å². The highest BCUT2D eigenvalue weighted by Crippen LogP contribution is 2.55. The number of thiophene rings is 1. The summed E-state index contributed by atoms with van der Waals surface area (Å²) >= 11 is 1.31. The summed E-state index contributed by atoms with van der Waals surface area (Å²) in [6.07, 6.45) is 0. The lowest BCUT2D eigenvalue weighted by Crippen LogP contribution is -2.51. The van der Waals surface area contributed by atoms with E-state index in [0.717, 1.165) is 5.56 Å². The van der Waals surface area contributed by atoms with Crippen molar-refractivity contribution >= 4 is 28.7 Å². The van der Waals surface area contributed by atoms with E-state index in [2.05, 4.69) is 5.32 Å². The molecule has 1 N–H and O–H groups in total. The molecule has 0 radical (unpaired) electrons. The average Bonchev–Trinajstić information content (AvgIpc) is 3.42. The van der Waals surface area contributed by atoms with Crippen molar-refractivity contribution in [3.05, 3.63) is 87.6 Å². The molecule has 0 aliphatic carbocycles. The van der Waals surface area contributed by atoms with Crippen LogP contribution >= 0.6 is 11.3 Å². The molecular formula is C23H18F2N2O2S. The van der Waals surface area contributed by atoms with Gasteiger partial charge in [0.2, 0.25) is 5.91 Å². The van der Waals surface area contributed by atoms with E-state index < -0.39 is 17.3 Å². The van der Waals surface area contributed by atoms with Crippen LogP contribution in [0.4, 0.5) is 14.5 Å². The molecule has 3 atom stereocenters. The predicted octanol–water partition coefficient (Wildman–Crippen LogP) is 4.40. The highest BCUT2D eigenvalue weighted by molar-refractivity contribution is 7.12. The predicted molar refractivity (Wildman–Crippen MR) is 111 cm³/mol. The molecule has 1 aromatic heterocycles. The van der Waals surface area contributed by atoms with Gasteiger partial charge < -0.3 is 5.32 Å². The Morgan fingerprint density at radius 1 is 1.13 bits per heavy atom. The lowest BCUT2D eigenvalue weighted by atomic mass is 9.71. The molecule has 2 aliphatic heterocycles. The number of ketones is 1. The molecule has 3 heterocycles. The van der Waals surface area contributed by atoms with Gasteiger partial charge in [0.15, 0.2) is 5.78 Å². The first-order chi connectivity index (χ1) is 14.4. The molecule has 1 amide bonds. The summed E-state index contributed by atoms with van der Waals surface area (Å²) in [4.78, 5) is 29.5. The second kappa shape index (κ2) is 6.82. The molecule has 4 nitrogen and oxygen atoms in total. The Morgan fingerprint density at radius 2 is 1.87 bits per heavy atom. The Kier molecular flexibility index (Phi) is 4.34. The van der Waals surface area contributed by atoms with Crippen LogP contribution in [0.5, 0.6) is 0 Å². The second-order valence-corrected chi connectivity index (χ2v) is 8.72. The van der Waals surface area contributed by atoms with Crippen LogP contribution in [0.3, 0.4) is 0 Å². The molecular weight excluding hydrogens is 406 g/mol. The van der Waals surface area contributed by atoms with Gasteiger partial charge in [0.1, 0.15) is 17.2 Å². The molecule has 2 aromatic carbocycles. The Balaban J connectivity index is 1.74. The van der Waals surface area contributed by atoms with Gasteiger partial charge in [-0.15, -0.1) is 11.3 Å². The number of nitrogens with one attached hydrogen (secondary N) is 1. The number of hydrogen-bond acceptors (Lipinski definition) is 4. The zero-order valence-electron chi connectivity index (χ0n) is 16.1. The first-order valence-corrected chi connectivity index (χ1v) is 10.5. The number of anilines is 1. The van der Waals surface area contributed by atoms with Crippen LogP contribution in [0.25, 0.3) is 0 Å². The van der Waals surface area contributed by atoms with Crippen molar-refractivity contribution in [2.24, 2.45) is 5.92 Å². The van der Waals surface area contributed by atoms with Crippen LogP contribution in [-0.2, 0) is 10.3 Å². The molecule has 7 heteroatoms. The Bertz CT molecular complexity index is 1150. The number of rotatable bonds is 3. The van der Waals surface area contributed by atoms with Gasteiger partial charge >= 0.3 is 0 Å². The van der Waals surface area contributed by atoms with Crippen molar-refractivity contribution in [1.82, 2.24) is 4.90 Å². The minimum atomic E-state index is -1.34. The molecule has 0 bridgehead atoms. The molecule has 5 rings (SSSR count). The maximum atomic E-state index is 14.2. The number of nitrogens with zero attached hydrogens (tertiary/aromatic N) is 1. The number of carbonyl (C=O) groups is 2. The third-order valence-corrected chi connectivity index (χ3v) is 7.14. The second-order valence-electron chi connectivity index (χ2n) is 7.77. The number of amides is 1. The standard InChI is InChI=1S/C23H18F2N2O2S/c1-27-12-16(13-4-6-14(24)7-5-13)20(21(28)19-3-2-10-30-19)23(27)17-11-15(25)8-9-18(17)26-22(23)29/h2-11,16,20H,12H2,1H3,(H,26,29)/t16-,20?,23-/m1/s1. The molecule has 1 saturated heterocycles. The topological polar surface area (TPSA) is 49.4 Å². The van der Waals surface area contributed by atoms with Gasteiger partial charge in [-0.25, -0.2) is 8.78 Å². The number of likely N-dealkylation sites (tertiary alicyclic amines) is 1. The summed E-state index contributed by atoms with van der Waals surface area (Å²) in [5.41, 5.74) is 0.413. The molecule has 1 unspecified atom stereocenters. The summed E-state index contributed by atoms with van der Waals surface area (Å²) in [5.74, 6) is -2.49. The average molecular weight is 424 g/mol. The third kappa shape index (κ3) is 2.58. The minimum Gasteiger partial charge on any atom is -0.324 e. The van der Waals surface area contributed by atoms with Crippen molar-refractivity contribution in [2.75, 3.05) is 18.9 Å². The maximum absolute atomic E-state index is 14.2. The van der Waals surface area contributed by atoms with Gasteiger partial charge in [-0.3, -0.25) is 14.5 Å². The van der Waals surface area contributed by atoms with Gasteiger partial charge in [-0.2, -0.15) is 0 Å². The zero-order chi connectivity index (χ0) is 21.0. The summed E-state index contributed by atoms with van der Waals surface area (Å²) in [6.45, 7) is 0.400. The number of fused-ring (bicyclic) bond motifs is 2. The lowest BCUT2D eigenvalue weighted by Gasteiger charge is -2.35. The fraction of sp³-hybridized carbons (Fsp3) is 0.217. The first-order valence-electron chi connectivity index (χ1n) is 9.59. The van der Waals surface area contributed by atoms with Gasteiger partial charge in [-0.1, -0.05) is 18.2 Å². The highest BCUT2D eigenvalue weighted by atomic mass is 32.1. The molecule has 3 aromatic rings. The minimum absolute atomic E-state index is 0.170. The summed E-state index contributed by atoms with van der Waals surface area (Å²) < 4.78 is 27.8. The summed E-state index contributed by atoms with van der Waals surface area (Å²) in [7, 11) is 1.78. The van der Waals surface area contributed by atoms with Crippen LogP contribution in [0.15, 0.2) is 60.0 Å². The quantitative estimate of drug-likeness (QED) is 0.634. The number of halogens is 2. The van der Waals surface area contributed by atoms with E-state index in [9.17, 15) is 18.4 Å². The SMILES string of the molecule is CN1C[C@H](c2ccc(F)cc2)C(C(=O)c2cccs2)[C@]12C(=O)Nc1ccc(F)cc12. The van der Waals surface area contributed by atoms with Crippen molar-refractivity contribution in [1.29, 1.82) is 0 Å². The van der Waals surface area contributed by atoms with E-state index in [1.54, 1.807) is 31.3 Å². The number of Topliss-reactive ketones (excluding diaryl/α,β-unsaturated/α-hetero) is 1. The Morgan fingerprint density at radius 3 is 2.57 bits per heavy atom. The van der Waals surface area contributed by atoms with Crippen molar-refractivity contribution in [2.45, 2.75) is 11.5 Å². The largest absolute Gasteiger partial charge is 0.324 e. The number of hydrogen-bond donors (Lipinski definition) is 1. The van der Waals surface area contributed by atoms with E-state index in [-0.39, 0.29) is 23.4 Å². The van der Waals surface area contributed by atoms with Crippen LogP contribution in [0, 0.1) is 17.6 Å². The molecule has 152 valence electrons. The van der Waals surface area contributed by atoms with Gasteiger partial charge in [-0.05, 0) is 54.4 Å². The van der Waals surface area contributed by atoms with Crippen molar-refractivity contribution in [3.8, 4) is 0 Å². The molecule has 1 fully saturated rings. The summed E-state index contributed by atoms with van der Waals surface area (Å²) in [5, 5.41) is 4.66. The number of carbonyl (C=O) groups excluding carboxylic acids is 2. The maximum Gasteiger partial charge on any atom is 0.250 e. The Hall–Kier alpha value is -2.90. The third-order valence-electron chi connectivity index (χ3n) is 6.26. The van der Waals surface area contributed by atoms with Crippen LogP contribution in [-0.4, -0.2) is 30.2 Å². The smallest absolute Gasteiger partial charge is 0.250 e. The summed E-state index contributed by atoms with van der Waals surface area (Å²) in [6, 6.07) is 13.7. The lowest BCUT2D eigenvalue weighted by molar-refractivity contribution is -0.126. The monoisotopic (exact) mass is 424 g/mol. The van der Waals surface area contributed by atoms with Crippen molar-refractivity contribution in [3.63, 3.8) is 0 Å². The van der Waals surface area contributed by atoms with Crippen LogP contribution in [0.2, 0.25) is 0 Å². The fourth-order valence-corrected chi connectivity index (χ4v) is 5.70. The fourth-order valence-electron chi connectivity index (χ4n) is 4.99. The van der Waals surface area contributed by atoms with E-state index in [4.69, 9.17) is 0 Å². The molecule has 30 heavy (non-hydrogen) atoms. The van der Waals surface area contributed by atoms with Crippen LogP contribution < -0.4 is 5.32 Å². The highest BCUT2D eigenvalue weighted by Gasteiger charge is 2.64. The van der Waals surface area contributed by atoms with E-state index in [1.807, 2.05) is 10.3 Å².